The summed E-state index contributed by atoms with van der Waals surface area (Å²) in [5.74, 6) is 1.57. The lowest BCUT2D eigenvalue weighted by Gasteiger charge is -2.26. The van der Waals surface area contributed by atoms with Gasteiger partial charge in [0.1, 0.15) is 11.5 Å². The summed E-state index contributed by atoms with van der Waals surface area (Å²) in [6, 6.07) is 13.2. The molecule has 0 bridgehead atoms. The first-order chi connectivity index (χ1) is 7.77. The third-order valence-electron chi connectivity index (χ3n) is 2.88. The molecule has 0 aromatic heterocycles. The molecule has 0 spiro atoms. The molecule has 1 atom stereocenters. The standard InChI is InChI=1S/C13H12N2O/c14-9-5-3-7-11-12(9)13(15)8-4-1-2-6-10(8)16-11/h1-7,13H,14-15H2. The minimum absolute atomic E-state index is 0.207. The number of nitrogens with two attached hydrogens (primary N) is 2. The van der Waals surface area contributed by atoms with Gasteiger partial charge in [-0.15, -0.1) is 0 Å². The van der Waals surface area contributed by atoms with Gasteiger partial charge in [-0.25, -0.2) is 0 Å². The summed E-state index contributed by atoms with van der Waals surface area (Å²) in [4.78, 5) is 0. The van der Waals surface area contributed by atoms with Crippen LogP contribution in [-0.4, -0.2) is 0 Å². The number of fused-ring (bicyclic) bond motifs is 2. The average molecular weight is 212 g/mol. The third-order valence-corrected chi connectivity index (χ3v) is 2.88. The van der Waals surface area contributed by atoms with Crippen LogP contribution in [0.5, 0.6) is 11.5 Å². The first-order valence-corrected chi connectivity index (χ1v) is 5.18. The van der Waals surface area contributed by atoms with Gasteiger partial charge in [-0.05, 0) is 18.2 Å². The fraction of sp³-hybridized carbons (Fsp3) is 0.0769. The largest absolute Gasteiger partial charge is 0.457 e. The van der Waals surface area contributed by atoms with Crippen LogP contribution in [-0.2, 0) is 0 Å². The molecular formula is C13H12N2O. The zero-order valence-electron chi connectivity index (χ0n) is 8.68. The molecule has 1 heterocycles. The van der Waals surface area contributed by atoms with Gasteiger partial charge in [0.15, 0.2) is 0 Å². The number of hydrogen-bond donors (Lipinski definition) is 2. The normalized spacial score (nSPS) is 17.2. The zero-order chi connectivity index (χ0) is 11.1. The van der Waals surface area contributed by atoms with Gasteiger partial charge in [0, 0.05) is 16.8 Å². The van der Waals surface area contributed by atoms with Gasteiger partial charge >= 0.3 is 0 Å². The molecule has 2 aromatic rings. The highest BCUT2D eigenvalue weighted by Crippen LogP contribution is 2.43. The Labute approximate surface area is 93.6 Å². The van der Waals surface area contributed by atoms with E-state index in [1.54, 1.807) is 0 Å². The zero-order valence-corrected chi connectivity index (χ0v) is 8.68. The molecule has 16 heavy (non-hydrogen) atoms. The highest BCUT2D eigenvalue weighted by Gasteiger charge is 2.25. The highest BCUT2D eigenvalue weighted by atomic mass is 16.5. The molecule has 0 amide bonds. The molecule has 3 nitrogen and oxygen atoms in total. The van der Waals surface area contributed by atoms with Gasteiger partial charge in [0.25, 0.3) is 0 Å². The van der Waals surface area contributed by atoms with E-state index in [0.717, 1.165) is 22.6 Å². The molecule has 4 N–H and O–H groups in total. The van der Waals surface area contributed by atoms with E-state index in [0.29, 0.717) is 5.69 Å². The first kappa shape index (κ1) is 9.24. The third kappa shape index (κ3) is 1.19. The van der Waals surface area contributed by atoms with Gasteiger partial charge in [0.2, 0.25) is 0 Å². The van der Waals surface area contributed by atoms with Gasteiger partial charge in [-0.3, -0.25) is 0 Å². The second-order valence-electron chi connectivity index (χ2n) is 3.88. The van der Waals surface area contributed by atoms with Gasteiger partial charge in [-0.1, -0.05) is 24.3 Å². The summed E-state index contributed by atoms with van der Waals surface area (Å²) < 4.78 is 5.77. The van der Waals surface area contributed by atoms with E-state index in [1.807, 2.05) is 42.5 Å². The molecular weight excluding hydrogens is 200 g/mol. The van der Waals surface area contributed by atoms with E-state index < -0.39 is 0 Å². The Morgan fingerprint density at radius 3 is 2.56 bits per heavy atom. The topological polar surface area (TPSA) is 61.3 Å². The summed E-state index contributed by atoms with van der Waals surface area (Å²) >= 11 is 0. The SMILES string of the molecule is Nc1cccc2c1C(N)c1ccccc1O2. The minimum Gasteiger partial charge on any atom is -0.457 e. The van der Waals surface area contributed by atoms with Crippen LogP contribution in [0.1, 0.15) is 17.2 Å². The van der Waals surface area contributed by atoms with E-state index in [1.165, 1.54) is 0 Å². The van der Waals surface area contributed by atoms with Gasteiger partial charge in [-0.2, -0.15) is 0 Å². The van der Waals surface area contributed by atoms with E-state index >= 15 is 0 Å². The minimum atomic E-state index is -0.207. The summed E-state index contributed by atoms with van der Waals surface area (Å²) in [6.07, 6.45) is 0. The summed E-state index contributed by atoms with van der Waals surface area (Å²) in [5.41, 5.74) is 14.7. The molecule has 1 aliphatic rings. The first-order valence-electron chi connectivity index (χ1n) is 5.18. The summed E-state index contributed by atoms with van der Waals surface area (Å²) in [6.45, 7) is 0. The van der Waals surface area contributed by atoms with Crippen molar-refractivity contribution < 1.29 is 4.74 Å². The van der Waals surface area contributed by atoms with Crippen molar-refractivity contribution in [3.8, 4) is 11.5 Å². The molecule has 0 saturated carbocycles. The van der Waals surface area contributed by atoms with E-state index in [9.17, 15) is 0 Å². The Bertz CT molecular complexity index is 551. The quantitative estimate of drug-likeness (QED) is 0.659. The van der Waals surface area contributed by atoms with Crippen LogP contribution in [0, 0.1) is 0 Å². The van der Waals surface area contributed by atoms with Crippen molar-refractivity contribution in [2.75, 3.05) is 5.73 Å². The van der Waals surface area contributed by atoms with Crippen LogP contribution >= 0.6 is 0 Å². The Kier molecular flexibility index (Phi) is 1.88. The second kappa shape index (κ2) is 3.25. The lowest BCUT2D eigenvalue weighted by Crippen LogP contribution is -2.19. The fourth-order valence-electron chi connectivity index (χ4n) is 2.09. The number of ether oxygens (including phenoxy) is 1. The second-order valence-corrected chi connectivity index (χ2v) is 3.88. The van der Waals surface area contributed by atoms with Crippen molar-refractivity contribution in [2.24, 2.45) is 5.73 Å². The van der Waals surface area contributed by atoms with Crippen LogP contribution < -0.4 is 16.2 Å². The smallest absolute Gasteiger partial charge is 0.134 e. The monoisotopic (exact) mass is 212 g/mol. The molecule has 1 unspecified atom stereocenters. The van der Waals surface area contributed by atoms with E-state index in [4.69, 9.17) is 16.2 Å². The van der Waals surface area contributed by atoms with E-state index in [-0.39, 0.29) is 6.04 Å². The molecule has 0 radical (unpaired) electrons. The van der Waals surface area contributed by atoms with Crippen molar-refractivity contribution in [3.05, 3.63) is 53.6 Å². The Balaban J connectivity index is 2.23. The Hall–Kier alpha value is -2.00. The predicted molar refractivity (Wildman–Crippen MR) is 63.4 cm³/mol. The van der Waals surface area contributed by atoms with Crippen LogP contribution in [0.15, 0.2) is 42.5 Å². The van der Waals surface area contributed by atoms with Crippen LogP contribution in [0.4, 0.5) is 5.69 Å². The van der Waals surface area contributed by atoms with Gasteiger partial charge in [0.05, 0.1) is 6.04 Å². The molecule has 80 valence electrons. The van der Waals surface area contributed by atoms with Crippen LogP contribution in [0.2, 0.25) is 0 Å². The van der Waals surface area contributed by atoms with Crippen molar-refractivity contribution in [1.29, 1.82) is 0 Å². The van der Waals surface area contributed by atoms with Crippen molar-refractivity contribution in [2.45, 2.75) is 6.04 Å². The molecule has 2 aromatic carbocycles. The van der Waals surface area contributed by atoms with Crippen molar-refractivity contribution in [1.82, 2.24) is 0 Å². The van der Waals surface area contributed by atoms with E-state index in [2.05, 4.69) is 0 Å². The Morgan fingerprint density at radius 2 is 1.69 bits per heavy atom. The lowest BCUT2D eigenvalue weighted by atomic mass is 9.94. The number of rotatable bonds is 0. The van der Waals surface area contributed by atoms with Crippen LogP contribution in [0.25, 0.3) is 0 Å². The number of hydrogen-bond acceptors (Lipinski definition) is 3. The van der Waals surface area contributed by atoms with Crippen LogP contribution in [0.3, 0.4) is 0 Å². The highest BCUT2D eigenvalue weighted by molar-refractivity contribution is 5.63. The van der Waals surface area contributed by atoms with Crippen molar-refractivity contribution >= 4 is 5.69 Å². The number of benzene rings is 2. The number of anilines is 1. The maximum Gasteiger partial charge on any atom is 0.134 e. The maximum atomic E-state index is 6.20. The molecule has 0 saturated heterocycles. The molecule has 1 aliphatic heterocycles. The molecule has 3 rings (SSSR count). The predicted octanol–water partition coefficient (Wildman–Crippen LogP) is 2.42. The Morgan fingerprint density at radius 1 is 0.938 bits per heavy atom. The van der Waals surface area contributed by atoms with Crippen molar-refractivity contribution in [3.63, 3.8) is 0 Å². The molecule has 0 fully saturated rings. The maximum absolute atomic E-state index is 6.20. The van der Waals surface area contributed by atoms with Gasteiger partial charge < -0.3 is 16.2 Å². The summed E-state index contributed by atoms with van der Waals surface area (Å²) in [5, 5.41) is 0. The molecule has 0 aliphatic carbocycles. The lowest BCUT2D eigenvalue weighted by molar-refractivity contribution is 0.448. The number of nitrogen functional groups attached to an aromatic ring is 1. The fourth-order valence-corrected chi connectivity index (χ4v) is 2.09. The average Bonchev–Trinajstić information content (AvgIpc) is 2.29. The number of para-hydroxylation sites is 1. The summed E-state index contributed by atoms with van der Waals surface area (Å²) in [7, 11) is 0. The molecule has 3 heteroatoms.